The van der Waals surface area contributed by atoms with Gasteiger partial charge in [0, 0.05) is 34.7 Å². The number of amides is 2. The summed E-state index contributed by atoms with van der Waals surface area (Å²) in [6, 6.07) is 15.1. The summed E-state index contributed by atoms with van der Waals surface area (Å²) in [6.45, 7) is 3.29. The molecule has 1 heterocycles. The fourth-order valence-electron chi connectivity index (χ4n) is 3.09. The Hall–Kier alpha value is -2.14. The van der Waals surface area contributed by atoms with Gasteiger partial charge in [-0.15, -0.1) is 0 Å². The number of aryl methyl sites for hydroxylation is 1. The molecule has 0 aliphatic carbocycles. The molecule has 0 radical (unpaired) electrons. The van der Waals surface area contributed by atoms with Gasteiger partial charge < -0.3 is 10.2 Å². The molecule has 130 valence electrons. The third kappa shape index (κ3) is 4.48. The van der Waals surface area contributed by atoms with Crippen molar-refractivity contribution < 1.29 is 9.59 Å². The van der Waals surface area contributed by atoms with E-state index in [1.807, 2.05) is 60.4 Å². The maximum atomic E-state index is 12.6. The average molecular weight is 401 g/mol. The number of carbonyl (C=O) groups excluding carboxylic acids is 2. The second-order valence-electron chi connectivity index (χ2n) is 6.42. The number of likely N-dealkylation sites (tertiary alicyclic amines) is 1. The van der Waals surface area contributed by atoms with Gasteiger partial charge in [0.15, 0.2) is 0 Å². The zero-order valence-corrected chi connectivity index (χ0v) is 15.8. The summed E-state index contributed by atoms with van der Waals surface area (Å²) in [5.41, 5.74) is 2.45. The van der Waals surface area contributed by atoms with E-state index in [0.717, 1.165) is 22.9 Å². The van der Waals surface area contributed by atoms with Crippen LogP contribution in [0, 0.1) is 6.92 Å². The van der Waals surface area contributed by atoms with Crippen molar-refractivity contribution in [3.8, 4) is 0 Å². The minimum absolute atomic E-state index is 0.0412. The smallest absolute Gasteiger partial charge is 0.253 e. The molecule has 1 aliphatic rings. The van der Waals surface area contributed by atoms with E-state index in [1.165, 1.54) is 0 Å². The molecular weight excluding hydrogens is 380 g/mol. The van der Waals surface area contributed by atoms with Crippen molar-refractivity contribution in [2.75, 3.05) is 13.1 Å². The Morgan fingerprint density at radius 3 is 2.40 bits per heavy atom. The van der Waals surface area contributed by atoms with E-state index in [9.17, 15) is 9.59 Å². The first-order valence-electron chi connectivity index (χ1n) is 8.45. The van der Waals surface area contributed by atoms with Gasteiger partial charge in [-0.3, -0.25) is 9.59 Å². The van der Waals surface area contributed by atoms with Crippen LogP contribution < -0.4 is 5.32 Å². The van der Waals surface area contributed by atoms with Crippen molar-refractivity contribution in [2.24, 2.45) is 0 Å². The van der Waals surface area contributed by atoms with E-state index in [-0.39, 0.29) is 17.9 Å². The molecule has 3 rings (SSSR count). The lowest BCUT2D eigenvalue weighted by molar-refractivity contribution is 0.0698. The lowest BCUT2D eigenvalue weighted by atomic mass is 10.0. The van der Waals surface area contributed by atoms with Crippen LogP contribution >= 0.6 is 15.9 Å². The molecule has 1 saturated heterocycles. The van der Waals surface area contributed by atoms with Crippen molar-refractivity contribution in [3.05, 3.63) is 69.7 Å². The topological polar surface area (TPSA) is 49.4 Å². The second kappa shape index (κ2) is 7.83. The van der Waals surface area contributed by atoms with Crippen molar-refractivity contribution in [3.63, 3.8) is 0 Å². The van der Waals surface area contributed by atoms with Crippen molar-refractivity contribution in [1.29, 1.82) is 0 Å². The number of nitrogens with one attached hydrogen (secondary N) is 1. The molecule has 2 aromatic rings. The SMILES string of the molecule is Cc1cccc(C(=O)NC2CCN(C(=O)c3cccc(Br)c3)CC2)c1. The van der Waals surface area contributed by atoms with Gasteiger partial charge in [0.25, 0.3) is 11.8 Å². The van der Waals surface area contributed by atoms with Gasteiger partial charge in [-0.05, 0) is 50.1 Å². The van der Waals surface area contributed by atoms with E-state index < -0.39 is 0 Å². The lowest BCUT2D eigenvalue weighted by Crippen LogP contribution is -2.46. The minimum Gasteiger partial charge on any atom is -0.349 e. The number of carbonyl (C=O) groups is 2. The Bertz CT molecular complexity index is 783. The van der Waals surface area contributed by atoms with Gasteiger partial charge in [0.05, 0.1) is 0 Å². The van der Waals surface area contributed by atoms with Gasteiger partial charge in [0.2, 0.25) is 0 Å². The molecule has 5 heteroatoms. The molecule has 0 saturated carbocycles. The van der Waals surface area contributed by atoms with Crippen LogP contribution in [0.4, 0.5) is 0 Å². The number of rotatable bonds is 3. The number of piperidine rings is 1. The maximum absolute atomic E-state index is 12.6. The molecule has 1 fully saturated rings. The van der Waals surface area contributed by atoms with Crippen molar-refractivity contribution in [2.45, 2.75) is 25.8 Å². The predicted molar refractivity (Wildman–Crippen MR) is 102 cm³/mol. The molecule has 2 amide bonds. The van der Waals surface area contributed by atoms with Crippen LogP contribution in [-0.4, -0.2) is 35.8 Å². The molecule has 2 aromatic carbocycles. The largest absolute Gasteiger partial charge is 0.349 e. The van der Waals surface area contributed by atoms with E-state index in [0.29, 0.717) is 24.2 Å². The van der Waals surface area contributed by atoms with E-state index in [2.05, 4.69) is 21.2 Å². The molecule has 25 heavy (non-hydrogen) atoms. The highest BCUT2D eigenvalue weighted by molar-refractivity contribution is 9.10. The summed E-state index contributed by atoms with van der Waals surface area (Å²) in [4.78, 5) is 26.8. The highest BCUT2D eigenvalue weighted by Crippen LogP contribution is 2.17. The third-order valence-electron chi connectivity index (χ3n) is 4.47. The summed E-state index contributed by atoms with van der Waals surface area (Å²) >= 11 is 3.40. The summed E-state index contributed by atoms with van der Waals surface area (Å²) in [5.74, 6) is 0.00484. The summed E-state index contributed by atoms with van der Waals surface area (Å²) in [5, 5.41) is 3.09. The van der Waals surface area contributed by atoms with E-state index in [1.54, 1.807) is 0 Å². The normalized spacial score (nSPS) is 15.0. The van der Waals surface area contributed by atoms with Crippen LogP contribution in [0.15, 0.2) is 53.0 Å². The first kappa shape index (κ1) is 17.7. The molecule has 0 spiro atoms. The van der Waals surface area contributed by atoms with Gasteiger partial charge in [-0.1, -0.05) is 39.7 Å². The first-order chi connectivity index (χ1) is 12.0. The average Bonchev–Trinajstić information content (AvgIpc) is 2.62. The Balaban J connectivity index is 1.55. The number of benzene rings is 2. The molecule has 0 aromatic heterocycles. The summed E-state index contributed by atoms with van der Waals surface area (Å²) in [7, 11) is 0. The molecule has 1 N–H and O–H groups in total. The Morgan fingerprint density at radius 2 is 1.72 bits per heavy atom. The third-order valence-corrected chi connectivity index (χ3v) is 4.96. The molecule has 0 bridgehead atoms. The fourth-order valence-corrected chi connectivity index (χ4v) is 3.49. The van der Waals surface area contributed by atoms with Crippen LogP contribution in [0.25, 0.3) is 0 Å². The Morgan fingerprint density at radius 1 is 1.04 bits per heavy atom. The highest BCUT2D eigenvalue weighted by Gasteiger charge is 2.25. The number of halogens is 1. The van der Waals surface area contributed by atoms with E-state index in [4.69, 9.17) is 0 Å². The molecule has 0 unspecified atom stereocenters. The predicted octanol–water partition coefficient (Wildman–Crippen LogP) is 3.79. The van der Waals surface area contributed by atoms with Gasteiger partial charge in [-0.25, -0.2) is 0 Å². The van der Waals surface area contributed by atoms with Gasteiger partial charge >= 0.3 is 0 Å². The standard InChI is InChI=1S/C20H21BrN2O2/c1-14-4-2-5-15(12-14)19(24)22-18-8-10-23(11-9-18)20(25)16-6-3-7-17(21)13-16/h2-7,12-13,18H,8-11H2,1H3,(H,22,24). The number of nitrogens with zero attached hydrogens (tertiary/aromatic N) is 1. The maximum Gasteiger partial charge on any atom is 0.253 e. The first-order valence-corrected chi connectivity index (χ1v) is 9.24. The fraction of sp³-hybridized carbons (Fsp3) is 0.300. The van der Waals surface area contributed by atoms with Gasteiger partial charge in [0.1, 0.15) is 0 Å². The lowest BCUT2D eigenvalue weighted by Gasteiger charge is -2.32. The molecule has 1 aliphatic heterocycles. The number of hydrogen-bond acceptors (Lipinski definition) is 2. The quantitative estimate of drug-likeness (QED) is 0.851. The van der Waals surface area contributed by atoms with Crippen LogP contribution in [0.5, 0.6) is 0 Å². The minimum atomic E-state index is -0.0412. The monoisotopic (exact) mass is 400 g/mol. The van der Waals surface area contributed by atoms with Crippen LogP contribution in [0.2, 0.25) is 0 Å². The number of hydrogen-bond donors (Lipinski definition) is 1. The molecule has 0 atom stereocenters. The van der Waals surface area contributed by atoms with Crippen LogP contribution in [-0.2, 0) is 0 Å². The zero-order chi connectivity index (χ0) is 17.8. The van der Waals surface area contributed by atoms with Crippen LogP contribution in [0.3, 0.4) is 0 Å². The van der Waals surface area contributed by atoms with Crippen molar-refractivity contribution >= 4 is 27.7 Å². The summed E-state index contributed by atoms with van der Waals surface area (Å²) < 4.78 is 0.902. The van der Waals surface area contributed by atoms with Crippen LogP contribution in [0.1, 0.15) is 39.1 Å². The zero-order valence-electron chi connectivity index (χ0n) is 14.2. The Labute approximate surface area is 156 Å². The Kier molecular flexibility index (Phi) is 5.53. The second-order valence-corrected chi connectivity index (χ2v) is 7.34. The summed E-state index contributed by atoms with van der Waals surface area (Å²) in [6.07, 6.45) is 1.55. The van der Waals surface area contributed by atoms with Gasteiger partial charge in [-0.2, -0.15) is 0 Å². The highest BCUT2D eigenvalue weighted by atomic mass is 79.9. The van der Waals surface area contributed by atoms with E-state index >= 15 is 0 Å². The van der Waals surface area contributed by atoms with Crippen molar-refractivity contribution in [1.82, 2.24) is 10.2 Å². The molecular formula is C20H21BrN2O2. The molecule has 4 nitrogen and oxygen atoms in total.